The van der Waals surface area contributed by atoms with Crippen molar-refractivity contribution in [1.82, 2.24) is 25.4 Å². The van der Waals surface area contributed by atoms with E-state index in [2.05, 4.69) is 27.6 Å². The van der Waals surface area contributed by atoms with Crippen LogP contribution in [-0.4, -0.2) is 39.8 Å². The number of nitrogens with one attached hydrogen (secondary N) is 2. The smallest absolute Gasteiger partial charge is 0.244 e. The van der Waals surface area contributed by atoms with Gasteiger partial charge in [0.25, 0.3) is 0 Å². The van der Waals surface area contributed by atoms with Gasteiger partial charge in [0.2, 0.25) is 5.91 Å². The molecule has 3 atom stereocenters. The zero-order valence-corrected chi connectivity index (χ0v) is 11.0. The average Bonchev–Trinajstić information content (AvgIpc) is 2.92. The predicted octanol–water partition coefficient (Wildman–Crippen LogP) is 0.343. The number of aromatic nitrogens is 3. The summed E-state index contributed by atoms with van der Waals surface area (Å²) in [6.07, 6.45) is 5.37. The average molecular weight is 251 g/mol. The van der Waals surface area contributed by atoms with Gasteiger partial charge in [-0.2, -0.15) is 5.10 Å². The Labute approximate surface area is 107 Å². The molecule has 1 aromatic rings. The molecule has 2 rings (SSSR count). The number of amides is 1. The summed E-state index contributed by atoms with van der Waals surface area (Å²) in [5, 5.41) is 10.4. The zero-order valence-electron chi connectivity index (χ0n) is 11.0. The Morgan fingerprint density at radius 1 is 1.56 bits per heavy atom. The van der Waals surface area contributed by atoms with Crippen molar-refractivity contribution >= 4 is 5.91 Å². The first-order valence-corrected chi connectivity index (χ1v) is 6.53. The van der Waals surface area contributed by atoms with Crippen LogP contribution in [0.25, 0.3) is 0 Å². The van der Waals surface area contributed by atoms with Gasteiger partial charge in [-0.3, -0.25) is 4.79 Å². The van der Waals surface area contributed by atoms with Gasteiger partial charge < -0.3 is 10.6 Å². The summed E-state index contributed by atoms with van der Waals surface area (Å²) in [4.78, 5) is 15.9. The summed E-state index contributed by atoms with van der Waals surface area (Å²) in [5.41, 5.74) is 0. The predicted molar refractivity (Wildman–Crippen MR) is 67.9 cm³/mol. The Morgan fingerprint density at radius 3 is 3.00 bits per heavy atom. The zero-order chi connectivity index (χ0) is 13.0. The molecule has 1 saturated heterocycles. The summed E-state index contributed by atoms with van der Waals surface area (Å²) in [6, 6.07) is -0.122. The van der Waals surface area contributed by atoms with E-state index < -0.39 is 0 Å². The van der Waals surface area contributed by atoms with E-state index in [4.69, 9.17) is 0 Å². The molecule has 0 saturated carbocycles. The molecule has 18 heavy (non-hydrogen) atoms. The van der Waals surface area contributed by atoms with Crippen LogP contribution in [0.2, 0.25) is 0 Å². The van der Waals surface area contributed by atoms with Gasteiger partial charge >= 0.3 is 0 Å². The molecule has 0 radical (unpaired) electrons. The Kier molecular flexibility index (Phi) is 4.30. The fraction of sp³-hybridized carbons (Fsp3) is 0.750. The van der Waals surface area contributed by atoms with Crippen LogP contribution in [0.1, 0.15) is 32.7 Å². The van der Waals surface area contributed by atoms with Gasteiger partial charge in [-0.05, 0) is 45.7 Å². The number of carbonyl (C=O) groups is 1. The second kappa shape index (κ2) is 5.95. The molecule has 0 aromatic carbocycles. The standard InChI is InChI=1S/C12H21N5O/c1-9(11-4-3-5-13-6-11)16-12(18)10(2)17-8-14-7-15-17/h7-11,13H,3-6H2,1-2H3,(H,16,18). The van der Waals surface area contributed by atoms with Crippen LogP contribution in [0.5, 0.6) is 0 Å². The molecule has 2 N–H and O–H groups in total. The van der Waals surface area contributed by atoms with E-state index in [9.17, 15) is 4.79 Å². The summed E-state index contributed by atoms with van der Waals surface area (Å²) in [7, 11) is 0. The normalized spacial score (nSPS) is 23.3. The lowest BCUT2D eigenvalue weighted by Gasteiger charge is -2.29. The minimum atomic E-state index is -0.313. The van der Waals surface area contributed by atoms with Crippen molar-refractivity contribution in [1.29, 1.82) is 0 Å². The van der Waals surface area contributed by atoms with Crippen molar-refractivity contribution in [3.05, 3.63) is 12.7 Å². The van der Waals surface area contributed by atoms with Gasteiger partial charge in [-0.25, -0.2) is 9.67 Å². The molecule has 1 amide bonds. The summed E-state index contributed by atoms with van der Waals surface area (Å²) >= 11 is 0. The van der Waals surface area contributed by atoms with Crippen molar-refractivity contribution in [3.63, 3.8) is 0 Å². The van der Waals surface area contributed by atoms with Crippen LogP contribution < -0.4 is 10.6 Å². The molecule has 0 aliphatic carbocycles. The van der Waals surface area contributed by atoms with E-state index in [0.717, 1.165) is 13.1 Å². The maximum absolute atomic E-state index is 12.1. The van der Waals surface area contributed by atoms with E-state index >= 15 is 0 Å². The number of rotatable bonds is 4. The highest BCUT2D eigenvalue weighted by Gasteiger charge is 2.23. The van der Waals surface area contributed by atoms with Gasteiger partial charge in [-0.1, -0.05) is 0 Å². The number of hydrogen-bond acceptors (Lipinski definition) is 4. The molecule has 0 bridgehead atoms. The first-order valence-electron chi connectivity index (χ1n) is 6.53. The topological polar surface area (TPSA) is 71.8 Å². The number of hydrogen-bond donors (Lipinski definition) is 2. The molecular formula is C12H21N5O. The Balaban J connectivity index is 1.86. The number of piperidine rings is 1. The third kappa shape index (κ3) is 3.07. The highest BCUT2D eigenvalue weighted by Crippen LogP contribution is 2.15. The van der Waals surface area contributed by atoms with Crippen LogP contribution in [0.3, 0.4) is 0 Å². The number of nitrogens with zero attached hydrogens (tertiary/aromatic N) is 3. The SMILES string of the molecule is CC(NC(=O)C(C)n1cncn1)C1CCCNC1. The van der Waals surface area contributed by atoms with Crippen LogP contribution in [0.4, 0.5) is 0 Å². The summed E-state index contributed by atoms with van der Waals surface area (Å²) in [5.74, 6) is 0.518. The highest BCUT2D eigenvalue weighted by atomic mass is 16.2. The lowest BCUT2D eigenvalue weighted by atomic mass is 9.92. The lowest BCUT2D eigenvalue weighted by molar-refractivity contribution is -0.125. The molecule has 1 fully saturated rings. The highest BCUT2D eigenvalue weighted by molar-refractivity contribution is 5.80. The van der Waals surface area contributed by atoms with Gasteiger partial charge in [0, 0.05) is 6.04 Å². The van der Waals surface area contributed by atoms with Crippen molar-refractivity contribution in [2.75, 3.05) is 13.1 Å². The molecular weight excluding hydrogens is 230 g/mol. The second-order valence-corrected chi connectivity index (χ2v) is 4.96. The Morgan fingerprint density at radius 2 is 2.39 bits per heavy atom. The minimum Gasteiger partial charge on any atom is -0.351 e. The van der Waals surface area contributed by atoms with Crippen LogP contribution in [0, 0.1) is 5.92 Å². The van der Waals surface area contributed by atoms with Gasteiger partial charge in [-0.15, -0.1) is 0 Å². The fourth-order valence-corrected chi connectivity index (χ4v) is 2.31. The summed E-state index contributed by atoms with van der Waals surface area (Å²) < 4.78 is 1.57. The van der Waals surface area contributed by atoms with Crippen LogP contribution in [0.15, 0.2) is 12.7 Å². The van der Waals surface area contributed by atoms with Crippen LogP contribution in [-0.2, 0) is 4.79 Å². The third-order valence-electron chi connectivity index (χ3n) is 3.62. The fourth-order valence-electron chi connectivity index (χ4n) is 2.31. The van der Waals surface area contributed by atoms with E-state index in [1.54, 1.807) is 11.0 Å². The van der Waals surface area contributed by atoms with Gasteiger partial charge in [0.15, 0.2) is 0 Å². The maximum atomic E-state index is 12.1. The lowest BCUT2D eigenvalue weighted by Crippen LogP contribution is -2.46. The van der Waals surface area contributed by atoms with Crippen molar-refractivity contribution in [3.8, 4) is 0 Å². The molecule has 2 heterocycles. The molecule has 1 aromatic heterocycles. The van der Waals surface area contributed by atoms with Crippen molar-refractivity contribution in [2.24, 2.45) is 5.92 Å². The molecule has 6 nitrogen and oxygen atoms in total. The third-order valence-corrected chi connectivity index (χ3v) is 3.62. The molecule has 100 valence electrons. The van der Waals surface area contributed by atoms with Crippen molar-refractivity contribution in [2.45, 2.75) is 38.8 Å². The molecule has 3 unspecified atom stereocenters. The largest absolute Gasteiger partial charge is 0.351 e. The Hall–Kier alpha value is -1.43. The summed E-state index contributed by atoms with van der Waals surface area (Å²) in [6.45, 7) is 5.98. The van der Waals surface area contributed by atoms with E-state index in [0.29, 0.717) is 5.92 Å². The van der Waals surface area contributed by atoms with Crippen LogP contribution >= 0.6 is 0 Å². The van der Waals surface area contributed by atoms with Gasteiger partial charge in [0.1, 0.15) is 18.7 Å². The van der Waals surface area contributed by atoms with Crippen molar-refractivity contribution < 1.29 is 4.79 Å². The van der Waals surface area contributed by atoms with E-state index in [1.807, 2.05) is 6.92 Å². The molecule has 1 aliphatic rings. The quantitative estimate of drug-likeness (QED) is 0.809. The van der Waals surface area contributed by atoms with E-state index in [-0.39, 0.29) is 18.0 Å². The first kappa shape index (κ1) is 13.0. The number of carbonyl (C=O) groups excluding carboxylic acids is 1. The van der Waals surface area contributed by atoms with Gasteiger partial charge in [0.05, 0.1) is 0 Å². The molecule has 6 heteroatoms. The van der Waals surface area contributed by atoms with E-state index in [1.165, 1.54) is 19.2 Å². The second-order valence-electron chi connectivity index (χ2n) is 4.96. The minimum absolute atomic E-state index is 0.00132. The maximum Gasteiger partial charge on any atom is 0.244 e. The monoisotopic (exact) mass is 251 g/mol. The molecule has 0 spiro atoms. The first-order chi connectivity index (χ1) is 8.68. The molecule has 1 aliphatic heterocycles. The Bertz CT molecular complexity index is 372.